The molecule has 2 atom stereocenters. The minimum atomic E-state index is -0.974. The van der Waals surface area contributed by atoms with Gasteiger partial charge in [0.15, 0.2) is 24.8 Å². The lowest BCUT2D eigenvalue weighted by molar-refractivity contribution is -0.697. The van der Waals surface area contributed by atoms with Gasteiger partial charge in [0, 0.05) is 37.1 Å². The molecule has 4 nitrogen and oxygen atoms in total. The largest absolute Gasteiger partial charge is 1.00 e. The molecule has 0 radical (unpaired) electrons. The fourth-order valence-electron chi connectivity index (χ4n) is 5.72. The van der Waals surface area contributed by atoms with Crippen molar-refractivity contribution >= 4 is 0 Å². The van der Waals surface area contributed by atoms with Crippen LogP contribution in [0.25, 0.3) is 0 Å². The first kappa shape index (κ1) is 37.8. The molecule has 0 aliphatic rings. The van der Waals surface area contributed by atoms with Gasteiger partial charge in [-0.05, 0) is 48.9 Å². The first-order chi connectivity index (χ1) is 20.4. The molecule has 0 spiro atoms. The van der Waals surface area contributed by atoms with Crippen LogP contribution in [0.4, 0.5) is 0 Å². The second-order valence-corrected chi connectivity index (χ2v) is 12.1. The van der Waals surface area contributed by atoms with Gasteiger partial charge in [-0.25, -0.2) is 9.13 Å². The summed E-state index contributed by atoms with van der Waals surface area (Å²) in [6.45, 7) is 5.78. The van der Waals surface area contributed by atoms with Crippen molar-refractivity contribution in [3.63, 3.8) is 0 Å². The number of aryl methyl sites for hydroxylation is 2. The van der Waals surface area contributed by atoms with Crippen LogP contribution < -0.4 is 43.1 Å². The molecule has 44 heavy (non-hydrogen) atoms. The molecule has 2 heterocycles. The number of hydrogen-bond donors (Lipinski definition) is 2. The number of aliphatic hydroxyl groups is 2. The predicted molar refractivity (Wildman–Crippen MR) is 170 cm³/mol. The highest BCUT2D eigenvalue weighted by atomic mass is 79.9. The molecule has 0 amide bonds. The number of benzene rings is 2. The molecule has 6 heteroatoms. The fourth-order valence-corrected chi connectivity index (χ4v) is 5.72. The molecule has 4 rings (SSSR count). The smallest absolute Gasteiger partial charge is 0.169 e. The summed E-state index contributed by atoms with van der Waals surface area (Å²) in [7, 11) is 0. The first-order valence-corrected chi connectivity index (χ1v) is 15.9. The van der Waals surface area contributed by atoms with E-state index >= 15 is 0 Å². The zero-order valence-corrected chi connectivity index (χ0v) is 29.6. The third-order valence-corrected chi connectivity index (χ3v) is 8.66. The monoisotopic (exact) mass is 724 g/mol. The Bertz CT molecular complexity index is 1210. The van der Waals surface area contributed by atoms with Crippen LogP contribution in [0, 0.1) is 0 Å². The van der Waals surface area contributed by atoms with Gasteiger partial charge in [0.25, 0.3) is 0 Å². The molecular weight excluding hydrogens is 676 g/mol. The number of unbranched alkanes of at least 4 members (excludes halogenated alkanes) is 9. The van der Waals surface area contributed by atoms with E-state index in [1.807, 2.05) is 98.8 Å². The number of hydrogen-bond acceptors (Lipinski definition) is 2. The maximum atomic E-state index is 11.0. The molecule has 0 bridgehead atoms. The summed E-state index contributed by atoms with van der Waals surface area (Å²) in [5, 5.41) is 22.0. The Kier molecular flexibility index (Phi) is 16.5. The highest BCUT2D eigenvalue weighted by molar-refractivity contribution is 5.34. The Balaban J connectivity index is 0.00000337. The number of nitrogens with zero attached hydrogens (tertiary/aromatic N) is 2. The number of pyridine rings is 2. The quantitative estimate of drug-likeness (QED) is 0.128. The standard InChI is InChI=1S/C38H50N2O2.2BrH/c1-37(41,33-19-13-11-14-20-33)35-23-29-39(30-24-35)27-17-9-7-5-3-4-6-8-10-18-28-40-31-25-36(26-32-40)38(2,42)34-21-15-12-16-22-34;;/h11-16,19-26,29-32,41-42H,3-10,17-18,27-28H2,1-2H3;2*1H/q+2;;/p-2. The second kappa shape index (κ2) is 19.2. The minimum Gasteiger partial charge on any atom is -1.00 e. The van der Waals surface area contributed by atoms with Gasteiger partial charge in [0.1, 0.15) is 24.3 Å². The number of halogens is 2. The zero-order valence-electron chi connectivity index (χ0n) is 26.4. The van der Waals surface area contributed by atoms with Crippen LogP contribution in [-0.2, 0) is 24.3 Å². The maximum Gasteiger partial charge on any atom is 0.169 e. The first-order valence-electron chi connectivity index (χ1n) is 15.9. The molecule has 0 aliphatic carbocycles. The van der Waals surface area contributed by atoms with Gasteiger partial charge in [-0.1, -0.05) is 99.2 Å². The van der Waals surface area contributed by atoms with Crippen molar-refractivity contribution in [1.29, 1.82) is 0 Å². The van der Waals surface area contributed by atoms with Crippen LogP contribution in [0.3, 0.4) is 0 Å². The minimum absolute atomic E-state index is 0. The van der Waals surface area contributed by atoms with Gasteiger partial charge in [-0.2, -0.15) is 0 Å². The molecule has 0 aliphatic heterocycles. The van der Waals surface area contributed by atoms with Crippen LogP contribution in [-0.4, -0.2) is 10.2 Å². The van der Waals surface area contributed by atoms with E-state index in [1.165, 1.54) is 64.2 Å². The number of rotatable bonds is 17. The molecule has 0 saturated heterocycles. The zero-order chi connectivity index (χ0) is 29.7. The molecule has 238 valence electrons. The third kappa shape index (κ3) is 11.2. The van der Waals surface area contributed by atoms with Gasteiger partial charge < -0.3 is 44.2 Å². The SMILES string of the molecule is CC(O)(c1ccccc1)c1cc[n+](CCCCCCCCCCCC[n+]2ccc(C(C)(O)c3ccccc3)cc2)cc1.[Br-].[Br-]. The van der Waals surface area contributed by atoms with Crippen molar-refractivity contribution in [2.45, 2.75) is 102 Å². The van der Waals surface area contributed by atoms with E-state index in [4.69, 9.17) is 0 Å². The van der Waals surface area contributed by atoms with Crippen LogP contribution in [0.1, 0.15) is 100 Å². The summed E-state index contributed by atoms with van der Waals surface area (Å²) in [6, 6.07) is 27.9. The topological polar surface area (TPSA) is 48.2 Å². The van der Waals surface area contributed by atoms with Crippen molar-refractivity contribution in [3.05, 3.63) is 132 Å². The van der Waals surface area contributed by atoms with E-state index in [1.54, 1.807) is 0 Å². The molecule has 2 N–H and O–H groups in total. The van der Waals surface area contributed by atoms with E-state index < -0.39 is 11.2 Å². The summed E-state index contributed by atoms with van der Waals surface area (Å²) >= 11 is 0. The molecule has 4 aromatic rings. The summed E-state index contributed by atoms with van der Waals surface area (Å²) in [5.41, 5.74) is 1.73. The van der Waals surface area contributed by atoms with Crippen molar-refractivity contribution < 1.29 is 53.3 Å². The lowest BCUT2D eigenvalue weighted by atomic mass is 9.89. The lowest BCUT2D eigenvalue weighted by Gasteiger charge is -2.23. The highest BCUT2D eigenvalue weighted by Crippen LogP contribution is 2.29. The van der Waals surface area contributed by atoms with Crippen LogP contribution in [0.15, 0.2) is 110 Å². The summed E-state index contributed by atoms with van der Waals surface area (Å²) in [5.74, 6) is 0. The Morgan fingerprint density at radius 3 is 0.955 bits per heavy atom. The maximum absolute atomic E-state index is 11.0. The second-order valence-electron chi connectivity index (χ2n) is 12.1. The average molecular weight is 727 g/mol. The van der Waals surface area contributed by atoms with Crippen molar-refractivity contribution in [3.8, 4) is 0 Å². The Morgan fingerprint density at radius 2 is 0.659 bits per heavy atom. The highest BCUT2D eigenvalue weighted by Gasteiger charge is 2.27. The van der Waals surface area contributed by atoms with Crippen LogP contribution >= 0.6 is 0 Å². The van der Waals surface area contributed by atoms with Crippen molar-refractivity contribution in [2.75, 3.05) is 0 Å². The third-order valence-electron chi connectivity index (χ3n) is 8.66. The molecule has 0 fully saturated rings. The summed E-state index contributed by atoms with van der Waals surface area (Å²) in [4.78, 5) is 0. The average Bonchev–Trinajstić information content (AvgIpc) is 3.03. The molecule has 0 saturated carbocycles. The van der Waals surface area contributed by atoms with Gasteiger partial charge in [-0.3, -0.25) is 0 Å². The van der Waals surface area contributed by atoms with Crippen LogP contribution in [0.2, 0.25) is 0 Å². The van der Waals surface area contributed by atoms with Gasteiger partial charge >= 0.3 is 0 Å². The molecular formula is C38H50Br2N2O2. The Labute approximate surface area is 286 Å². The fraction of sp³-hybridized carbons (Fsp3) is 0.421. The van der Waals surface area contributed by atoms with Crippen molar-refractivity contribution in [2.24, 2.45) is 0 Å². The van der Waals surface area contributed by atoms with Crippen LogP contribution in [0.5, 0.6) is 0 Å². The predicted octanol–water partition coefficient (Wildman–Crippen LogP) is 1.38. The van der Waals surface area contributed by atoms with Gasteiger partial charge in [0.05, 0.1) is 0 Å². The van der Waals surface area contributed by atoms with E-state index in [2.05, 4.69) is 33.9 Å². The lowest BCUT2D eigenvalue weighted by Crippen LogP contribution is -3.00. The molecule has 2 unspecified atom stereocenters. The van der Waals surface area contributed by atoms with E-state index in [0.717, 1.165) is 35.3 Å². The van der Waals surface area contributed by atoms with Gasteiger partial charge in [0.2, 0.25) is 0 Å². The van der Waals surface area contributed by atoms with E-state index in [9.17, 15) is 10.2 Å². The summed E-state index contributed by atoms with van der Waals surface area (Å²) < 4.78 is 4.46. The van der Waals surface area contributed by atoms with E-state index in [-0.39, 0.29) is 34.0 Å². The Morgan fingerprint density at radius 1 is 0.409 bits per heavy atom. The Hall–Kier alpha value is -2.38. The number of aromatic nitrogens is 2. The molecule has 2 aromatic heterocycles. The van der Waals surface area contributed by atoms with Gasteiger partial charge in [-0.15, -0.1) is 0 Å². The summed E-state index contributed by atoms with van der Waals surface area (Å²) in [6.07, 6.45) is 21.3. The van der Waals surface area contributed by atoms with E-state index in [0.29, 0.717) is 0 Å². The normalized spacial score (nSPS) is 13.6. The molecule has 2 aromatic carbocycles. The van der Waals surface area contributed by atoms with Crippen molar-refractivity contribution in [1.82, 2.24) is 0 Å².